The Labute approximate surface area is 163 Å². The minimum atomic E-state index is -1.43. The summed E-state index contributed by atoms with van der Waals surface area (Å²) >= 11 is 2.61. The molecule has 0 radical (unpaired) electrons. The summed E-state index contributed by atoms with van der Waals surface area (Å²) in [6.07, 6.45) is -1.07. The second-order valence-corrected chi connectivity index (χ2v) is 8.74. The van der Waals surface area contributed by atoms with Crippen LogP contribution in [0.4, 0.5) is 9.80 Å². The molecule has 0 bridgehead atoms. The van der Waals surface area contributed by atoms with E-state index in [1.54, 1.807) is 19.1 Å². The van der Waals surface area contributed by atoms with Gasteiger partial charge in [-0.2, -0.15) is 0 Å². The first-order valence-corrected chi connectivity index (χ1v) is 9.99. The average molecular weight is 413 g/mol. The van der Waals surface area contributed by atoms with Gasteiger partial charge in [0.25, 0.3) is 5.91 Å². The fourth-order valence-corrected chi connectivity index (χ4v) is 6.09. The Hall–Kier alpha value is -2.27. The number of ether oxygens (including phenoxy) is 1. The molecule has 146 valence electrons. The Balaban J connectivity index is 1.87. The number of nitrogens with two attached hydrogens (primary N) is 1. The molecule has 0 spiro atoms. The predicted octanol–water partition coefficient (Wildman–Crippen LogP) is 0.941. The van der Waals surface area contributed by atoms with E-state index in [0.29, 0.717) is 5.00 Å². The van der Waals surface area contributed by atoms with Crippen LogP contribution in [0.2, 0.25) is 0 Å². The van der Waals surface area contributed by atoms with Gasteiger partial charge in [-0.25, -0.2) is 4.79 Å². The number of primary amides is 1. The molecular weight excluding hydrogens is 394 g/mol. The van der Waals surface area contributed by atoms with Crippen LogP contribution in [0, 0.1) is 5.41 Å². The lowest BCUT2D eigenvalue weighted by Crippen LogP contribution is -2.81. The minimum Gasteiger partial charge on any atom is -0.481 e. The SMILES string of the molecule is CC(=O)N(c1cccs1)C1(C)C(=O)N2CC(COC(N)=O)(C(=O)O)CS[C@@H]21. The Morgan fingerprint density at radius 3 is 2.70 bits per heavy atom. The monoisotopic (exact) mass is 413 g/mol. The Kier molecular flexibility index (Phi) is 4.85. The topological polar surface area (TPSA) is 130 Å². The molecule has 2 aliphatic heterocycles. The van der Waals surface area contributed by atoms with Crippen LogP contribution in [0.1, 0.15) is 13.8 Å². The smallest absolute Gasteiger partial charge is 0.404 e. The third-order valence-corrected chi connectivity index (χ3v) is 7.50. The zero-order valence-corrected chi connectivity index (χ0v) is 16.3. The second kappa shape index (κ2) is 6.71. The van der Waals surface area contributed by atoms with Crippen LogP contribution in [0.15, 0.2) is 17.5 Å². The molecule has 2 aliphatic rings. The van der Waals surface area contributed by atoms with Gasteiger partial charge >= 0.3 is 12.1 Å². The summed E-state index contributed by atoms with van der Waals surface area (Å²) in [4.78, 5) is 50.9. The maximum atomic E-state index is 13.0. The van der Waals surface area contributed by atoms with Gasteiger partial charge in [0.05, 0.1) is 5.00 Å². The molecule has 0 aliphatic carbocycles. The molecule has 27 heavy (non-hydrogen) atoms. The number of carbonyl (C=O) groups excluding carboxylic acids is 3. The van der Waals surface area contributed by atoms with Gasteiger partial charge in [-0.1, -0.05) is 0 Å². The van der Waals surface area contributed by atoms with Crippen LogP contribution >= 0.6 is 23.1 Å². The molecule has 2 fully saturated rings. The summed E-state index contributed by atoms with van der Waals surface area (Å²) in [6, 6.07) is 3.56. The third-order valence-electron chi connectivity index (χ3n) is 4.90. The van der Waals surface area contributed by atoms with Crippen molar-refractivity contribution in [2.45, 2.75) is 24.8 Å². The van der Waals surface area contributed by atoms with Crippen LogP contribution in [-0.4, -0.2) is 63.7 Å². The summed E-state index contributed by atoms with van der Waals surface area (Å²) in [5, 5.41) is 11.7. The van der Waals surface area contributed by atoms with Crippen LogP contribution in [0.25, 0.3) is 0 Å². The van der Waals surface area contributed by atoms with Gasteiger partial charge < -0.3 is 20.5 Å². The summed E-state index contributed by atoms with van der Waals surface area (Å²) in [5.74, 6) is -1.65. The Bertz CT molecular complexity index is 800. The number of thioether (sulfide) groups is 1. The van der Waals surface area contributed by atoms with Crippen molar-refractivity contribution in [2.24, 2.45) is 11.1 Å². The van der Waals surface area contributed by atoms with Crippen molar-refractivity contribution >= 4 is 52.0 Å². The van der Waals surface area contributed by atoms with Gasteiger partial charge in [-0.15, -0.1) is 23.1 Å². The zero-order valence-electron chi connectivity index (χ0n) is 14.7. The molecular formula is C16H19N3O6S2. The van der Waals surface area contributed by atoms with Crippen LogP contribution < -0.4 is 10.6 Å². The van der Waals surface area contributed by atoms with E-state index in [0.717, 1.165) is 0 Å². The summed E-state index contributed by atoms with van der Waals surface area (Å²) in [5.41, 5.74) is 2.42. The number of hydrogen-bond acceptors (Lipinski definition) is 7. The highest BCUT2D eigenvalue weighted by Gasteiger charge is 2.67. The van der Waals surface area contributed by atoms with Gasteiger partial charge in [0.1, 0.15) is 17.4 Å². The first kappa shape index (κ1) is 19.5. The number of aliphatic carboxylic acids is 1. The number of anilines is 1. The molecule has 3 heterocycles. The lowest BCUT2D eigenvalue weighted by Gasteiger charge is -2.61. The number of β-lactam (4-membered cyclic amide) rings is 1. The summed E-state index contributed by atoms with van der Waals surface area (Å²) in [7, 11) is 0. The number of carbonyl (C=O) groups is 4. The molecule has 1 aromatic rings. The van der Waals surface area contributed by atoms with Crippen molar-refractivity contribution in [3.63, 3.8) is 0 Å². The van der Waals surface area contributed by atoms with E-state index in [2.05, 4.69) is 0 Å². The van der Waals surface area contributed by atoms with Crippen molar-refractivity contribution < 1.29 is 29.0 Å². The first-order chi connectivity index (χ1) is 12.6. The number of fused-ring (bicyclic) bond motifs is 1. The Morgan fingerprint density at radius 1 is 1.48 bits per heavy atom. The van der Waals surface area contributed by atoms with E-state index < -0.39 is 35.0 Å². The molecule has 9 nitrogen and oxygen atoms in total. The average Bonchev–Trinajstić information content (AvgIpc) is 3.12. The first-order valence-electron chi connectivity index (χ1n) is 8.06. The van der Waals surface area contributed by atoms with Crippen LogP contribution in [0.3, 0.4) is 0 Å². The molecule has 11 heteroatoms. The highest BCUT2D eigenvalue weighted by molar-refractivity contribution is 8.00. The number of rotatable bonds is 5. The standard InChI is InChI=1S/C16H19N3O6S2/c1-9(20)19(10-4-3-5-26-10)15(2)11(21)18-6-16(13(22)23,7-25-14(17)24)8-27-12(15)18/h3-5,12H,6-8H2,1-2H3,(H2,17,24)(H,22,23)/t12-,15?,16?/m1/s1. The van der Waals surface area contributed by atoms with E-state index in [1.165, 1.54) is 39.8 Å². The van der Waals surface area contributed by atoms with Crippen molar-refractivity contribution in [2.75, 3.05) is 23.8 Å². The zero-order chi connectivity index (χ0) is 20.0. The molecule has 3 amide bonds. The van der Waals surface area contributed by atoms with Crippen molar-refractivity contribution in [3.8, 4) is 0 Å². The molecule has 0 aromatic carbocycles. The summed E-state index contributed by atoms with van der Waals surface area (Å²) in [6.45, 7) is 2.56. The molecule has 2 unspecified atom stereocenters. The molecule has 3 atom stereocenters. The fraction of sp³-hybridized carbons (Fsp3) is 0.500. The molecule has 3 rings (SSSR count). The molecule has 3 N–H and O–H groups in total. The van der Waals surface area contributed by atoms with Crippen LogP contribution in [0.5, 0.6) is 0 Å². The number of amides is 3. The van der Waals surface area contributed by atoms with E-state index in [1.807, 2.05) is 5.38 Å². The minimum absolute atomic E-state index is 0.113. The molecule has 1 aromatic heterocycles. The predicted molar refractivity (Wildman–Crippen MR) is 99.4 cm³/mol. The lowest BCUT2D eigenvalue weighted by atomic mass is 9.82. The normalized spacial score (nSPS) is 29.5. The fourth-order valence-electron chi connectivity index (χ4n) is 3.56. The van der Waals surface area contributed by atoms with Gasteiger partial charge in [-0.05, 0) is 24.4 Å². The number of nitrogens with zero attached hydrogens (tertiary/aromatic N) is 2. The number of thiophene rings is 1. The quantitative estimate of drug-likeness (QED) is 0.687. The van der Waals surface area contributed by atoms with Crippen molar-refractivity contribution in [3.05, 3.63) is 17.5 Å². The van der Waals surface area contributed by atoms with E-state index in [4.69, 9.17) is 10.5 Å². The lowest BCUT2D eigenvalue weighted by molar-refractivity contribution is -0.164. The van der Waals surface area contributed by atoms with Gasteiger partial charge in [0.15, 0.2) is 5.54 Å². The number of carboxylic acids is 1. The van der Waals surface area contributed by atoms with Crippen LogP contribution in [-0.2, 0) is 19.1 Å². The maximum absolute atomic E-state index is 13.0. The highest BCUT2D eigenvalue weighted by Crippen LogP contribution is 2.51. The maximum Gasteiger partial charge on any atom is 0.404 e. The van der Waals surface area contributed by atoms with E-state index >= 15 is 0 Å². The van der Waals surface area contributed by atoms with E-state index in [-0.39, 0.29) is 24.1 Å². The summed E-state index contributed by atoms with van der Waals surface area (Å²) < 4.78 is 4.73. The van der Waals surface area contributed by atoms with E-state index in [9.17, 15) is 24.3 Å². The number of carboxylic acid groups (broad SMARTS) is 1. The largest absolute Gasteiger partial charge is 0.481 e. The molecule has 2 saturated heterocycles. The Morgan fingerprint density at radius 2 is 2.19 bits per heavy atom. The van der Waals surface area contributed by atoms with Gasteiger partial charge in [0, 0.05) is 19.2 Å². The number of hydrogen-bond donors (Lipinski definition) is 2. The molecule has 0 saturated carbocycles. The van der Waals surface area contributed by atoms with Crippen molar-refractivity contribution in [1.82, 2.24) is 4.90 Å². The highest BCUT2D eigenvalue weighted by atomic mass is 32.2. The third kappa shape index (κ3) is 2.94. The van der Waals surface area contributed by atoms with Gasteiger partial charge in [-0.3, -0.25) is 19.3 Å². The van der Waals surface area contributed by atoms with Crippen molar-refractivity contribution in [1.29, 1.82) is 0 Å². The second-order valence-electron chi connectivity index (χ2n) is 6.74. The van der Waals surface area contributed by atoms with Gasteiger partial charge in [0.2, 0.25) is 5.91 Å².